The Labute approximate surface area is 265 Å². The van der Waals surface area contributed by atoms with Gasteiger partial charge in [0.25, 0.3) is 0 Å². The standard InChI is InChI=1S/C31H28Cl2O9S2/c1-3-41-30(35)26-24(18-43(37,38)22-14-10-20(32)11-15-22)29(44(39,40)23-16-12-21(33)13-17-23)28(34)27(31(36)42-4-2)25(26)19-8-6-5-7-9-19/h5-17,25,29,34H,3-4,18H2,1-2H3/t25-,29+/m0/s1. The Bertz CT molecular complexity index is 1830. The number of benzene rings is 3. The summed E-state index contributed by atoms with van der Waals surface area (Å²) in [6, 6.07) is 18.1. The van der Waals surface area contributed by atoms with E-state index in [-0.39, 0.29) is 38.6 Å². The van der Waals surface area contributed by atoms with Crippen molar-refractivity contribution in [2.75, 3.05) is 19.0 Å². The lowest BCUT2D eigenvalue weighted by atomic mass is 9.76. The van der Waals surface area contributed by atoms with Crippen LogP contribution in [0.1, 0.15) is 25.3 Å². The number of aliphatic hydroxyl groups excluding tert-OH is 1. The molecule has 0 saturated heterocycles. The highest BCUT2D eigenvalue weighted by Gasteiger charge is 2.50. The zero-order valence-corrected chi connectivity index (χ0v) is 26.7. The highest BCUT2D eigenvalue weighted by atomic mass is 35.5. The van der Waals surface area contributed by atoms with Gasteiger partial charge in [-0.2, -0.15) is 0 Å². The van der Waals surface area contributed by atoms with Crippen molar-refractivity contribution in [3.8, 4) is 0 Å². The first-order chi connectivity index (χ1) is 20.8. The van der Waals surface area contributed by atoms with E-state index in [1.165, 1.54) is 62.4 Å². The molecular weight excluding hydrogens is 651 g/mol. The fraction of sp³-hybridized carbons (Fsp3) is 0.226. The Morgan fingerprint density at radius 2 is 1.20 bits per heavy atom. The highest BCUT2D eigenvalue weighted by molar-refractivity contribution is 7.93. The molecule has 1 aliphatic carbocycles. The maximum Gasteiger partial charge on any atom is 0.338 e. The lowest BCUT2D eigenvalue weighted by Crippen LogP contribution is -2.40. The van der Waals surface area contributed by atoms with Crippen molar-refractivity contribution in [3.63, 3.8) is 0 Å². The molecule has 2 atom stereocenters. The monoisotopic (exact) mass is 678 g/mol. The number of esters is 2. The average Bonchev–Trinajstić information content (AvgIpc) is 2.97. The Kier molecular flexibility index (Phi) is 10.2. The van der Waals surface area contributed by atoms with Gasteiger partial charge in [0.15, 0.2) is 19.7 Å². The number of hydrogen-bond acceptors (Lipinski definition) is 9. The Morgan fingerprint density at radius 3 is 1.70 bits per heavy atom. The van der Waals surface area contributed by atoms with E-state index in [0.717, 1.165) is 0 Å². The molecule has 0 amide bonds. The summed E-state index contributed by atoms with van der Waals surface area (Å²) >= 11 is 11.9. The number of carbonyl (C=O) groups is 2. The predicted octanol–water partition coefficient (Wildman–Crippen LogP) is 5.64. The molecule has 4 rings (SSSR count). The van der Waals surface area contributed by atoms with Gasteiger partial charge in [0, 0.05) is 10.0 Å². The van der Waals surface area contributed by atoms with Gasteiger partial charge in [0.05, 0.1) is 45.8 Å². The Morgan fingerprint density at radius 1 is 0.727 bits per heavy atom. The minimum atomic E-state index is -4.73. The van der Waals surface area contributed by atoms with Gasteiger partial charge in [-0.1, -0.05) is 53.5 Å². The van der Waals surface area contributed by atoms with Crippen molar-refractivity contribution in [3.05, 3.63) is 117 Å². The predicted molar refractivity (Wildman–Crippen MR) is 165 cm³/mol. The summed E-state index contributed by atoms with van der Waals surface area (Å²) in [5.74, 6) is -5.57. The second kappa shape index (κ2) is 13.6. The van der Waals surface area contributed by atoms with Crippen LogP contribution in [-0.2, 0) is 38.7 Å². The van der Waals surface area contributed by atoms with Crippen LogP contribution in [0.3, 0.4) is 0 Å². The van der Waals surface area contributed by atoms with E-state index >= 15 is 0 Å². The Hall–Kier alpha value is -3.64. The van der Waals surface area contributed by atoms with Crippen molar-refractivity contribution < 1.29 is 41.0 Å². The van der Waals surface area contributed by atoms with Gasteiger partial charge >= 0.3 is 11.9 Å². The summed E-state index contributed by atoms with van der Waals surface area (Å²) in [7, 11) is -9.11. The van der Waals surface area contributed by atoms with Gasteiger partial charge in [-0.25, -0.2) is 26.4 Å². The van der Waals surface area contributed by atoms with Gasteiger partial charge < -0.3 is 14.6 Å². The van der Waals surface area contributed by atoms with E-state index in [0.29, 0.717) is 0 Å². The summed E-state index contributed by atoms with van der Waals surface area (Å²) in [6.45, 7) is 2.75. The van der Waals surface area contributed by atoms with Crippen LogP contribution in [0.25, 0.3) is 0 Å². The quantitative estimate of drug-likeness (QED) is 0.270. The molecule has 0 heterocycles. The zero-order valence-electron chi connectivity index (χ0n) is 23.6. The first-order valence-electron chi connectivity index (χ1n) is 13.4. The minimum absolute atomic E-state index is 0.137. The average molecular weight is 680 g/mol. The summed E-state index contributed by atoms with van der Waals surface area (Å²) < 4.78 is 66.8. The first kappa shape index (κ1) is 33.3. The fourth-order valence-electron chi connectivity index (χ4n) is 4.97. The zero-order chi connectivity index (χ0) is 32.2. The van der Waals surface area contributed by atoms with Crippen LogP contribution in [0.4, 0.5) is 0 Å². The molecule has 0 saturated carbocycles. The molecular formula is C31H28Cl2O9S2. The maximum atomic E-state index is 14.3. The van der Waals surface area contributed by atoms with Crippen LogP contribution >= 0.6 is 23.2 Å². The van der Waals surface area contributed by atoms with Crippen LogP contribution in [0, 0.1) is 0 Å². The third-order valence-corrected chi connectivity index (χ3v) is 11.1. The number of halogens is 2. The molecule has 0 spiro atoms. The molecule has 3 aromatic rings. The molecule has 1 N–H and O–H groups in total. The van der Waals surface area contributed by atoms with Gasteiger partial charge in [-0.05, 0) is 73.5 Å². The van der Waals surface area contributed by atoms with E-state index in [2.05, 4.69) is 0 Å². The van der Waals surface area contributed by atoms with Crippen molar-refractivity contribution in [1.82, 2.24) is 0 Å². The smallest absolute Gasteiger partial charge is 0.338 e. The second-order valence-electron chi connectivity index (χ2n) is 9.61. The van der Waals surface area contributed by atoms with Crippen LogP contribution in [0.15, 0.2) is 111 Å². The number of hydrogen-bond donors (Lipinski definition) is 1. The third kappa shape index (κ3) is 6.71. The van der Waals surface area contributed by atoms with Crippen LogP contribution in [-0.4, -0.2) is 58.1 Å². The first-order valence-corrected chi connectivity index (χ1v) is 17.3. The molecule has 13 heteroatoms. The largest absolute Gasteiger partial charge is 0.510 e. The fourth-order valence-corrected chi connectivity index (χ4v) is 8.57. The molecule has 3 aromatic carbocycles. The van der Waals surface area contributed by atoms with Crippen LogP contribution in [0.5, 0.6) is 0 Å². The van der Waals surface area contributed by atoms with Gasteiger partial charge in [-0.15, -0.1) is 0 Å². The van der Waals surface area contributed by atoms with Gasteiger partial charge in [0.2, 0.25) is 0 Å². The normalized spacial score (nSPS) is 17.4. The number of rotatable bonds is 10. The van der Waals surface area contributed by atoms with Crippen molar-refractivity contribution >= 4 is 54.8 Å². The maximum absolute atomic E-state index is 14.3. The lowest BCUT2D eigenvalue weighted by Gasteiger charge is -2.34. The van der Waals surface area contributed by atoms with Crippen LogP contribution < -0.4 is 0 Å². The SMILES string of the molecule is CCOC(=O)C1=C(O)[C@H](S(=O)(=O)c2ccc(Cl)cc2)C(CS(=O)(=O)c2ccc(Cl)cc2)=C(C(=O)OCC)[C@@H]1c1ccccc1. The van der Waals surface area contributed by atoms with E-state index in [1.54, 1.807) is 30.3 Å². The summed E-state index contributed by atoms with van der Waals surface area (Å²) in [5.41, 5.74) is -1.14. The highest BCUT2D eigenvalue weighted by Crippen LogP contribution is 2.46. The van der Waals surface area contributed by atoms with Crippen molar-refractivity contribution in [1.29, 1.82) is 0 Å². The van der Waals surface area contributed by atoms with E-state index in [1.807, 2.05) is 0 Å². The van der Waals surface area contributed by atoms with Crippen LogP contribution in [0.2, 0.25) is 10.0 Å². The van der Waals surface area contributed by atoms with E-state index in [9.17, 15) is 31.5 Å². The van der Waals surface area contributed by atoms with E-state index in [4.69, 9.17) is 32.7 Å². The van der Waals surface area contributed by atoms with E-state index < -0.39 is 71.0 Å². The minimum Gasteiger partial charge on any atom is -0.510 e. The third-order valence-electron chi connectivity index (χ3n) is 6.86. The van der Waals surface area contributed by atoms with Gasteiger partial charge in [-0.3, -0.25) is 0 Å². The molecule has 0 bridgehead atoms. The Balaban J connectivity index is 2.13. The number of ether oxygens (including phenoxy) is 2. The molecule has 232 valence electrons. The summed E-state index contributed by atoms with van der Waals surface area (Å²) in [6.07, 6.45) is 0. The topological polar surface area (TPSA) is 141 Å². The molecule has 44 heavy (non-hydrogen) atoms. The lowest BCUT2D eigenvalue weighted by molar-refractivity contribution is -0.139. The molecule has 0 aromatic heterocycles. The van der Waals surface area contributed by atoms with Gasteiger partial charge in [0.1, 0.15) is 11.0 Å². The molecule has 9 nitrogen and oxygen atoms in total. The number of aliphatic hydroxyl groups is 1. The molecule has 0 unspecified atom stereocenters. The van der Waals surface area contributed by atoms with Crippen molar-refractivity contribution in [2.45, 2.75) is 34.8 Å². The molecule has 0 aliphatic heterocycles. The summed E-state index contributed by atoms with van der Waals surface area (Å²) in [4.78, 5) is 26.7. The molecule has 0 radical (unpaired) electrons. The second-order valence-corrected chi connectivity index (χ2v) is 14.5. The molecule has 0 fully saturated rings. The molecule has 1 aliphatic rings. The number of sulfone groups is 2. The van der Waals surface area contributed by atoms with Crippen molar-refractivity contribution in [2.24, 2.45) is 0 Å². The number of carbonyl (C=O) groups excluding carboxylic acids is 2. The summed E-state index contributed by atoms with van der Waals surface area (Å²) in [5, 5.41) is 10.1.